The predicted molar refractivity (Wildman–Crippen MR) is 130 cm³/mol. The van der Waals surface area contributed by atoms with Crippen molar-refractivity contribution in [2.45, 2.75) is 19.4 Å². The SMILES string of the molecule is CN=C(NCCc1ccccn1)N1CCN(C(C)c2ccc(Br)cc2)CC1.I. The molecule has 1 N–H and O–H groups in total. The topological polar surface area (TPSA) is 43.8 Å². The number of rotatable bonds is 5. The van der Waals surface area contributed by atoms with Crippen LogP contribution in [0.4, 0.5) is 0 Å². The van der Waals surface area contributed by atoms with Crippen molar-refractivity contribution >= 4 is 45.9 Å². The van der Waals surface area contributed by atoms with Crippen LogP contribution < -0.4 is 5.32 Å². The van der Waals surface area contributed by atoms with Gasteiger partial charge in [-0.3, -0.25) is 14.9 Å². The van der Waals surface area contributed by atoms with Crippen LogP contribution in [0.5, 0.6) is 0 Å². The smallest absolute Gasteiger partial charge is 0.193 e. The van der Waals surface area contributed by atoms with Crippen molar-refractivity contribution in [1.29, 1.82) is 0 Å². The fraction of sp³-hybridized carbons (Fsp3) is 0.429. The Morgan fingerprint density at radius 2 is 1.86 bits per heavy atom. The van der Waals surface area contributed by atoms with Crippen molar-refractivity contribution < 1.29 is 0 Å². The molecule has 152 valence electrons. The average molecular weight is 558 g/mol. The summed E-state index contributed by atoms with van der Waals surface area (Å²) >= 11 is 3.51. The van der Waals surface area contributed by atoms with Crippen molar-refractivity contribution in [3.63, 3.8) is 0 Å². The number of nitrogens with zero attached hydrogens (tertiary/aromatic N) is 4. The number of benzene rings is 1. The molecule has 1 aliphatic rings. The van der Waals surface area contributed by atoms with Crippen LogP contribution in [0.25, 0.3) is 0 Å². The van der Waals surface area contributed by atoms with Crippen LogP contribution in [0, 0.1) is 0 Å². The van der Waals surface area contributed by atoms with E-state index in [1.807, 2.05) is 25.4 Å². The van der Waals surface area contributed by atoms with Gasteiger partial charge in [0.15, 0.2) is 5.96 Å². The third kappa shape index (κ3) is 6.42. The summed E-state index contributed by atoms with van der Waals surface area (Å²) in [6.45, 7) is 7.20. The van der Waals surface area contributed by atoms with Crippen molar-refractivity contribution in [3.05, 3.63) is 64.4 Å². The van der Waals surface area contributed by atoms with E-state index in [-0.39, 0.29) is 24.0 Å². The van der Waals surface area contributed by atoms with Crippen LogP contribution in [0.2, 0.25) is 0 Å². The Hall–Kier alpha value is -1.19. The van der Waals surface area contributed by atoms with Gasteiger partial charge in [-0.1, -0.05) is 34.1 Å². The highest BCUT2D eigenvalue weighted by Gasteiger charge is 2.23. The molecule has 7 heteroatoms. The number of hydrogen-bond donors (Lipinski definition) is 1. The molecule has 1 atom stereocenters. The first kappa shape index (κ1) is 23.1. The molecular formula is C21H29BrIN5. The molecule has 1 unspecified atom stereocenters. The maximum absolute atomic E-state index is 4.47. The normalized spacial score (nSPS) is 16.4. The van der Waals surface area contributed by atoms with Crippen molar-refractivity contribution in [3.8, 4) is 0 Å². The number of piperazine rings is 1. The second-order valence-electron chi connectivity index (χ2n) is 6.80. The summed E-state index contributed by atoms with van der Waals surface area (Å²) in [6, 6.07) is 15.1. The standard InChI is InChI=1S/C21H28BrN5.HI/c1-17(18-6-8-19(22)9-7-18)26-13-15-27(16-14-26)21(23-2)25-12-10-20-5-3-4-11-24-20;/h3-9,11,17H,10,12-16H2,1-2H3,(H,23,25);1H. The first-order chi connectivity index (χ1) is 13.2. The van der Waals surface area contributed by atoms with Gasteiger partial charge in [0.05, 0.1) is 0 Å². The second-order valence-corrected chi connectivity index (χ2v) is 7.71. The summed E-state index contributed by atoms with van der Waals surface area (Å²) in [7, 11) is 1.86. The Labute approximate surface area is 193 Å². The highest BCUT2D eigenvalue weighted by molar-refractivity contribution is 14.0. The van der Waals surface area contributed by atoms with E-state index < -0.39 is 0 Å². The third-order valence-corrected chi connectivity index (χ3v) is 5.64. The number of aliphatic imine (C=N–C) groups is 1. The van der Waals surface area contributed by atoms with E-state index in [2.05, 4.69) is 78.3 Å². The number of nitrogens with one attached hydrogen (secondary N) is 1. The van der Waals surface area contributed by atoms with Crippen molar-refractivity contribution in [1.82, 2.24) is 20.1 Å². The lowest BCUT2D eigenvalue weighted by atomic mass is 10.1. The van der Waals surface area contributed by atoms with Gasteiger partial charge in [0.1, 0.15) is 0 Å². The van der Waals surface area contributed by atoms with Gasteiger partial charge in [-0.25, -0.2) is 0 Å². The largest absolute Gasteiger partial charge is 0.356 e. The van der Waals surface area contributed by atoms with Crippen LogP contribution in [-0.4, -0.2) is 60.5 Å². The summed E-state index contributed by atoms with van der Waals surface area (Å²) in [5.41, 5.74) is 2.47. The van der Waals surface area contributed by atoms with Gasteiger partial charge in [0.2, 0.25) is 0 Å². The molecule has 1 fully saturated rings. The Balaban J connectivity index is 0.00000280. The molecule has 0 aliphatic carbocycles. The van der Waals surface area contributed by atoms with Gasteiger partial charge in [-0.2, -0.15) is 0 Å². The zero-order valence-electron chi connectivity index (χ0n) is 16.5. The molecule has 0 spiro atoms. The maximum Gasteiger partial charge on any atom is 0.193 e. The average Bonchev–Trinajstić information content (AvgIpc) is 2.72. The minimum atomic E-state index is 0. The molecule has 3 rings (SSSR count). The van der Waals surface area contributed by atoms with Gasteiger partial charge in [0.25, 0.3) is 0 Å². The highest BCUT2D eigenvalue weighted by atomic mass is 127. The monoisotopic (exact) mass is 557 g/mol. The minimum absolute atomic E-state index is 0. The van der Waals surface area contributed by atoms with Gasteiger partial charge in [-0.05, 0) is 36.8 Å². The van der Waals surface area contributed by atoms with Crippen LogP contribution in [0.3, 0.4) is 0 Å². The molecule has 2 heterocycles. The predicted octanol–water partition coefficient (Wildman–Crippen LogP) is 3.96. The number of aromatic nitrogens is 1. The summed E-state index contributed by atoms with van der Waals surface area (Å²) in [5.74, 6) is 0.988. The van der Waals surface area contributed by atoms with Crippen LogP contribution in [-0.2, 0) is 6.42 Å². The maximum atomic E-state index is 4.47. The molecule has 2 aromatic rings. The summed E-state index contributed by atoms with van der Waals surface area (Å²) in [6.07, 6.45) is 2.75. The molecule has 1 aliphatic heterocycles. The van der Waals surface area contributed by atoms with Gasteiger partial charge in [0, 0.05) is 68.6 Å². The van der Waals surface area contributed by atoms with Crippen LogP contribution in [0.15, 0.2) is 58.1 Å². The summed E-state index contributed by atoms with van der Waals surface area (Å²) in [4.78, 5) is 13.7. The molecule has 0 radical (unpaired) electrons. The van der Waals surface area contributed by atoms with Crippen LogP contribution in [0.1, 0.15) is 24.2 Å². The minimum Gasteiger partial charge on any atom is -0.356 e. The first-order valence-corrected chi connectivity index (χ1v) is 10.3. The Morgan fingerprint density at radius 1 is 1.14 bits per heavy atom. The summed E-state index contributed by atoms with van der Waals surface area (Å²) in [5, 5.41) is 3.48. The Kier molecular flexibility index (Phi) is 9.67. The molecule has 5 nitrogen and oxygen atoms in total. The zero-order valence-corrected chi connectivity index (χ0v) is 20.4. The number of guanidine groups is 1. The van der Waals surface area contributed by atoms with E-state index in [0.29, 0.717) is 6.04 Å². The number of pyridine rings is 1. The second kappa shape index (κ2) is 11.7. The fourth-order valence-corrected chi connectivity index (χ4v) is 3.72. The quantitative estimate of drug-likeness (QED) is 0.343. The first-order valence-electron chi connectivity index (χ1n) is 9.52. The van der Waals surface area contributed by atoms with Gasteiger partial charge >= 0.3 is 0 Å². The Bertz CT molecular complexity index is 730. The lowest BCUT2D eigenvalue weighted by Gasteiger charge is -2.39. The molecule has 0 bridgehead atoms. The van der Waals surface area contributed by atoms with E-state index in [0.717, 1.165) is 55.3 Å². The van der Waals surface area contributed by atoms with Crippen LogP contribution >= 0.6 is 39.9 Å². The van der Waals surface area contributed by atoms with Crippen molar-refractivity contribution in [2.24, 2.45) is 4.99 Å². The zero-order chi connectivity index (χ0) is 19.1. The Morgan fingerprint density at radius 3 is 2.46 bits per heavy atom. The van der Waals surface area contributed by atoms with E-state index in [4.69, 9.17) is 0 Å². The summed E-state index contributed by atoms with van der Waals surface area (Å²) < 4.78 is 1.13. The van der Waals surface area contributed by atoms with E-state index in [1.165, 1.54) is 5.56 Å². The van der Waals surface area contributed by atoms with Gasteiger partial charge < -0.3 is 10.2 Å². The van der Waals surface area contributed by atoms with E-state index in [9.17, 15) is 0 Å². The highest BCUT2D eigenvalue weighted by Crippen LogP contribution is 2.23. The molecular weight excluding hydrogens is 529 g/mol. The molecule has 1 saturated heterocycles. The molecule has 1 aromatic carbocycles. The van der Waals surface area contributed by atoms with E-state index >= 15 is 0 Å². The number of hydrogen-bond acceptors (Lipinski definition) is 3. The third-order valence-electron chi connectivity index (χ3n) is 5.12. The molecule has 0 amide bonds. The lowest BCUT2D eigenvalue weighted by Crippen LogP contribution is -2.53. The fourth-order valence-electron chi connectivity index (χ4n) is 3.45. The lowest BCUT2D eigenvalue weighted by molar-refractivity contribution is 0.138. The molecule has 1 aromatic heterocycles. The molecule has 0 saturated carbocycles. The van der Waals surface area contributed by atoms with Gasteiger partial charge in [-0.15, -0.1) is 24.0 Å². The molecule has 28 heavy (non-hydrogen) atoms. The number of halogens is 2. The van der Waals surface area contributed by atoms with Crippen molar-refractivity contribution in [2.75, 3.05) is 39.8 Å². The van der Waals surface area contributed by atoms with E-state index in [1.54, 1.807) is 0 Å².